The number of rotatable bonds is 5. The average Bonchev–Trinajstić information content (AvgIpc) is 2.47. The van der Waals surface area contributed by atoms with Gasteiger partial charge in [-0.05, 0) is 30.7 Å². The summed E-state index contributed by atoms with van der Waals surface area (Å²) in [7, 11) is -3.98. The molecule has 0 fully saturated rings. The molecule has 120 valence electrons. The molecule has 9 heteroatoms. The smallest absolute Gasteiger partial charge is 0.258 e. The Morgan fingerprint density at radius 3 is 2.65 bits per heavy atom. The van der Waals surface area contributed by atoms with Gasteiger partial charge in [0.15, 0.2) is 0 Å². The van der Waals surface area contributed by atoms with Gasteiger partial charge in [0.2, 0.25) is 0 Å². The van der Waals surface area contributed by atoms with Crippen LogP contribution < -0.4 is 4.83 Å². The van der Waals surface area contributed by atoms with Gasteiger partial charge in [0.1, 0.15) is 0 Å². The Bertz CT molecular complexity index is 881. The molecule has 2 rings (SSSR count). The second-order valence-corrected chi connectivity index (χ2v) is 7.19. The number of halogens is 1. The summed E-state index contributed by atoms with van der Waals surface area (Å²) in [6.45, 7) is 1.54. The van der Waals surface area contributed by atoms with Gasteiger partial charge in [-0.2, -0.15) is 13.5 Å². The lowest BCUT2D eigenvalue weighted by atomic mass is 10.2. The van der Waals surface area contributed by atoms with Crippen LogP contribution in [0.25, 0.3) is 0 Å². The van der Waals surface area contributed by atoms with Crippen molar-refractivity contribution in [3.05, 3.63) is 68.2 Å². The maximum Gasteiger partial charge on any atom is 0.276 e. The van der Waals surface area contributed by atoms with Gasteiger partial charge in [-0.25, -0.2) is 4.83 Å². The molecule has 0 aromatic heterocycles. The molecule has 0 spiro atoms. The lowest BCUT2D eigenvalue weighted by molar-refractivity contribution is -0.385. The van der Waals surface area contributed by atoms with Crippen LogP contribution >= 0.6 is 15.9 Å². The number of nitro groups is 1. The first-order valence-corrected chi connectivity index (χ1v) is 8.63. The van der Waals surface area contributed by atoms with E-state index in [1.807, 2.05) is 10.9 Å². The minimum absolute atomic E-state index is 0.221. The van der Waals surface area contributed by atoms with Crippen molar-refractivity contribution in [2.75, 3.05) is 0 Å². The molecule has 0 radical (unpaired) electrons. The van der Waals surface area contributed by atoms with Crippen molar-refractivity contribution >= 4 is 37.9 Å². The van der Waals surface area contributed by atoms with E-state index in [0.29, 0.717) is 11.1 Å². The maximum absolute atomic E-state index is 12.1. The molecule has 0 unspecified atom stereocenters. The second-order valence-electron chi connectivity index (χ2n) is 4.61. The summed E-state index contributed by atoms with van der Waals surface area (Å²) in [5.74, 6) is 0. The second kappa shape index (κ2) is 6.88. The Balaban J connectivity index is 2.22. The van der Waals surface area contributed by atoms with Gasteiger partial charge in [0.25, 0.3) is 15.7 Å². The van der Waals surface area contributed by atoms with Crippen LogP contribution in [0.1, 0.15) is 11.1 Å². The van der Waals surface area contributed by atoms with Gasteiger partial charge in [-0.3, -0.25) is 10.1 Å². The van der Waals surface area contributed by atoms with Gasteiger partial charge in [0.05, 0.1) is 16.0 Å². The molecule has 0 amide bonds. The number of benzene rings is 2. The average molecular weight is 398 g/mol. The third-order valence-electron chi connectivity index (χ3n) is 2.92. The zero-order valence-electron chi connectivity index (χ0n) is 11.9. The third-order valence-corrected chi connectivity index (χ3v) is 4.64. The molecule has 1 N–H and O–H groups in total. The van der Waals surface area contributed by atoms with Crippen LogP contribution in [0.5, 0.6) is 0 Å². The van der Waals surface area contributed by atoms with E-state index in [1.165, 1.54) is 25.3 Å². The van der Waals surface area contributed by atoms with Crippen molar-refractivity contribution in [2.24, 2.45) is 5.10 Å². The predicted molar refractivity (Wildman–Crippen MR) is 89.9 cm³/mol. The minimum atomic E-state index is -3.98. The van der Waals surface area contributed by atoms with Crippen LogP contribution in [0.3, 0.4) is 0 Å². The summed E-state index contributed by atoms with van der Waals surface area (Å²) < 4.78 is 25.1. The summed E-state index contributed by atoms with van der Waals surface area (Å²) in [6, 6.07) is 10.8. The van der Waals surface area contributed by atoms with Gasteiger partial charge in [-0.15, -0.1) is 0 Å². The number of sulfonamides is 1. The zero-order valence-corrected chi connectivity index (χ0v) is 14.3. The molecular weight excluding hydrogens is 386 g/mol. The van der Waals surface area contributed by atoms with E-state index in [2.05, 4.69) is 21.0 Å². The van der Waals surface area contributed by atoms with E-state index in [-0.39, 0.29) is 10.6 Å². The van der Waals surface area contributed by atoms with E-state index in [0.717, 1.165) is 10.5 Å². The SMILES string of the molecule is Cc1ccc(S(=O)(=O)N/N=C/c2cccc(Br)c2)cc1[N+](=O)[O-]. The van der Waals surface area contributed by atoms with Crippen molar-refractivity contribution in [1.82, 2.24) is 4.83 Å². The topological polar surface area (TPSA) is 102 Å². The molecule has 7 nitrogen and oxygen atoms in total. The molecule has 2 aromatic rings. The lowest BCUT2D eigenvalue weighted by Gasteiger charge is -2.04. The summed E-state index contributed by atoms with van der Waals surface area (Å²) in [5, 5.41) is 14.6. The fourth-order valence-electron chi connectivity index (χ4n) is 1.76. The standard InChI is InChI=1S/C14H12BrN3O4S/c1-10-5-6-13(8-14(10)18(19)20)23(21,22)17-16-9-11-3-2-4-12(15)7-11/h2-9,17H,1H3/b16-9+. The first-order valence-electron chi connectivity index (χ1n) is 6.35. The normalized spacial score (nSPS) is 11.6. The van der Waals surface area contributed by atoms with Crippen LogP contribution in [-0.4, -0.2) is 19.6 Å². The number of nitro benzene ring substituents is 1. The summed E-state index contributed by atoms with van der Waals surface area (Å²) >= 11 is 3.29. The molecule has 0 atom stereocenters. The molecule has 23 heavy (non-hydrogen) atoms. The molecule has 0 bridgehead atoms. The number of hydrogen-bond acceptors (Lipinski definition) is 5. The first kappa shape index (κ1) is 17.1. The molecule has 0 heterocycles. The lowest BCUT2D eigenvalue weighted by Crippen LogP contribution is -2.18. The predicted octanol–water partition coefficient (Wildman–Crippen LogP) is 2.98. The summed E-state index contributed by atoms with van der Waals surface area (Å²) in [6.07, 6.45) is 1.34. The number of nitrogens with one attached hydrogen (secondary N) is 1. The van der Waals surface area contributed by atoms with Crippen molar-refractivity contribution in [1.29, 1.82) is 0 Å². The minimum Gasteiger partial charge on any atom is -0.258 e. The number of hydrogen-bond donors (Lipinski definition) is 1. The van der Waals surface area contributed by atoms with Crippen LogP contribution in [0.4, 0.5) is 5.69 Å². The Morgan fingerprint density at radius 1 is 1.26 bits per heavy atom. The largest absolute Gasteiger partial charge is 0.276 e. The zero-order chi connectivity index (χ0) is 17.0. The summed E-state index contributed by atoms with van der Waals surface area (Å²) in [4.78, 5) is 12.1. The van der Waals surface area contributed by atoms with E-state index >= 15 is 0 Å². The molecular formula is C14H12BrN3O4S. The monoisotopic (exact) mass is 397 g/mol. The highest BCUT2D eigenvalue weighted by Crippen LogP contribution is 2.22. The van der Waals surface area contributed by atoms with E-state index in [9.17, 15) is 18.5 Å². The van der Waals surface area contributed by atoms with Crippen LogP contribution in [0, 0.1) is 17.0 Å². The van der Waals surface area contributed by atoms with Gasteiger partial charge in [0, 0.05) is 16.1 Å². The fourth-order valence-corrected chi connectivity index (χ4v) is 2.99. The quantitative estimate of drug-likeness (QED) is 0.475. The Hall–Kier alpha value is -2.26. The molecule has 2 aromatic carbocycles. The molecule has 0 aliphatic heterocycles. The van der Waals surface area contributed by atoms with Crippen LogP contribution in [-0.2, 0) is 10.0 Å². The Morgan fingerprint density at radius 2 is 2.00 bits per heavy atom. The summed E-state index contributed by atoms with van der Waals surface area (Å²) in [5.41, 5.74) is 0.812. The van der Waals surface area contributed by atoms with Crippen LogP contribution in [0.15, 0.2) is 56.9 Å². The van der Waals surface area contributed by atoms with E-state index in [1.54, 1.807) is 18.2 Å². The highest BCUT2D eigenvalue weighted by molar-refractivity contribution is 9.10. The van der Waals surface area contributed by atoms with E-state index < -0.39 is 14.9 Å². The molecule has 0 aliphatic rings. The van der Waals surface area contributed by atoms with Gasteiger partial charge in [-0.1, -0.05) is 34.1 Å². The fraction of sp³-hybridized carbons (Fsp3) is 0.0714. The maximum atomic E-state index is 12.1. The molecule has 0 saturated carbocycles. The van der Waals surface area contributed by atoms with E-state index in [4.69, 9.17) is 0 Å². The molecule has 0 aliphatic carbocycles. The first-order chi connectivity index (χ1) is 10.8. The van der Waals surface area contributed by atoms with Crippen LogP contribution in [0.2, 0.25) is 0 Å². The van der Waals surface area contributed by atoms with Crippen molar-refractivity contribution in [3.8, 4) is 0 Å². The Labute approximate surface area is 141 Å². The van der Waals surface area contributed by atoms with Crippen molar-refractivity contribution in [2.45, 2.75) is 11.8 Å². The number of aryl methyl sites for hydroxylation is 1. The number of nitrogens with zero attached hydrogens (tertiary/aromatic N) is 2. The Kier molecular flexibility index (Phi) is 5.12. The highest BCUT2D eigenvalue weighted by atomic mass is 79.9. The highest BCUT2D eigenvalue weighted by Gasteiger charge is 2.19. The number of hydrazone groups is 1. The van der Waals surface area contributed by atoms with Crippen molar-refractivity contribution < 1.29 is 13.3 Å². The third kappa shape index (κ3) is 4.36. The van der Waals surface area contributed by atoms with Gasteiger partial charge >= 0.3 is 0 Å². The molecule has 0 saturated heterocycles. The van der Waals surface area contributed by atoms with Crippen molar-refractivity contribution in [3.63, 3.8) is 0 Å². The van der Waals surface area contributed by atoms with Gasteiger partial charge < -0.3 is 0 Å².